The lowest BCUT2D eigenvalue weighted by atomic mass is 10.2. The second kappa shape index (κ2) is 4.27. The summed E-state index contributed by atoms with van der Waals surface area (Å²) in [4.78, 5) is 17.7. The van der Waals surface area contributed by atoms with Gasteiger partial charge in [0, 0.05) is 26.2 Å². The average molecular weight is 206 g/mol. The van der Waals surface area contributed by atoms with Crippen LogP contribution in [0.1, 0.15) is 10.5 Å². The summed E-state index contributed by atoms with van der Waals surface area (Å²) in [5.74, 6) is -0.0171. The van der Waals surface area contributed by atoms with Crippen LogP contribution in [0.3, 0.4) is 0 Å². The molecule has 5 heteroatoms. The molecule has 0 spiro atoms. The maximum absolute atomic E-state index is 11.9. The van der Waals surface area contributed by atoms with Crippen molar-refractivity contribution >= 4 is 11.6 Å². The Bertz CT molecular complexity index is 343. The summed E-state index contributed by atoms with van der Waals surface area (Å²) < 4.78 is 0. The van der Waals surface area contributed by atoms with Crippen molar-refractivity contribution < 1.29 is 4.79 Å². The first-order valence-corrected chi connectivity index (χ1v) is 4.99. The van der Waals surface area contributed by atoms with Crippen molar-refractivity contribution in [3.63, 3.8) is 0 Å². The Morgan fingerprint density at radius 2 is 2.13 bits per heavy atom. The minimum Gasteiger partial charge on any atom is -0.397 e. The van der Waals surface area contributed by atoms with E-state index in [1.807, 2.05) is 0 Å². The molecule has 5 nitrogen and oxygen atoms in total. The molecular formula is C10H14N4O. The van der Waals surface area contributed by atoms with E-state index in [4.69, 9.17) is 5.73 Å². The predicted octanol–water partition coefficient (Wildman–Crippen LogP) is -0.291. The summed E-state index contributed by atoms with van der Waals surface area (Å²) in [5, 5.41) is 3.20. The summed E-state index contributed by atoms with van der Waals surface area (Å²) in [5.41, 5.74) is 6.55. The monoisotopic (exact) mass is 206 g/mol. The van der Waals surface area contributed by atoms with Crippen LogP contribution in [-0.4, -0.2) is 42.0 Å². The Kier molecular flexibility index (Phi) is 2.82. The molecule has 2 rings (SSSR count). The van der Waals surface area contributed by atoms with Crippen molar-refractivity contribution in [1.29, 1.82) is 0 Å². The third kappa shape index (κ3) is 2.24. The van der Waals surface area contributed by atoms with E-state index in [9.17, 15) is 4.79 Å². The van der Waals surface area contributed by atoms with Crippen LogP contribution in [0.15, 0.2) is 18.3 Å². The van der Waals surface area contributed by atoms with Gasteiger partial charge in [-0.1, -0.05) is 0 Å². The van der Waals surface area contributed by atoms with Gasteiger partial charge in [-0.05, 0) is 12.1 Å². The highest BCUT2D eigenvalue weighted by Crippen LogP contribution is 2.05. The van der Waals surface area contributed by atoms with Crippen LogP contribution in [0.4, 0.5) is 5.69 Å². The van der Waals surface area contributed by atoms with Crippen LogP contribution in [0, 0.1) is 0 Å². The Labute approximate surface area is 88.3 Å². The highest BCUT2D eigenvalue weighted by atomic mass is 16.2. The normalized spacial score (nSPS) is 16.4. The van der Waals surface area contributed by atoms with Gasteiger partial charge in [-0.3, -0.25) is 4.79 Å². The van der Waals surface area contributed by atoms with Gasteiger partial charge in [0.25, 0.3) is 5.91 Å². The summed E-state index contributed by atoms with van der Waals surface area (Å²) in [6.07, 6.45) is 1.51. The fraction of sp³-hybridized carbons (Fsp3) is 0.400. The number of anilines is 1. The Morgan fingerprint density at radius 1 is 1.40 bits per heavy atom. The molecule has 3 N–H and O–H groups in total. The fourth-order valence-electron chi connectivity index (χ4n) is 1.56. The lowest BCUT2D eigenvalue weighted by molar-refractivity contribution is 0.0730. The molecule has 0 saturated carbocycles. The third-order valence-corrected chi connectivity index (χ3v) is 2.41. The molecule has 1 saturated heterocycles. The minimum atomic E-state index is -0.0171. The highest BCUT2D eigenvalue weighted by molar-refractivity contribution is 5.92. The SMILES string of the molecule is Nc1ccc(C(=O)N2CCNCC2)nc1. The summed E-state index contributed by atoms with van der Waals surface area (Å²) in [6.45, 7) is 3.18. The number of hydrogen-bond donors (Lipinski definition) is 2. The molecule has 1 aliphatic heterocycles. The van der Waals surface area contributed by atoms with Gasteiger partial charge in [0.2, 0.25) is 0 Å². The van der Waals surface area contributed by atoms with E-state index >= 15 is 0 Å². The smallest absolute Gasteiger partial charge is 0.272 e. The van der Waals surface area contributed by atoms with E-state index in [-0.39, 0.29) is 5.91 Å². The lowest BCUT2D eigenvalue weighted by Crippen LogP contribution is -2.46. The quantitative estimate of drug-likeness (QED) is 0.662. The maximum atomic E-state index is 11.9. The minimum absolute atomic E-state index is 0.0171. The summed E-state index contributed by atoms with van der Waals surface area (Å²) in [6, 6.07) is 3.36. The molecule has 1 aromatic rings. The van der Waals surface area contributed by atoms with Crippen molar-refractivity contribution in [3.8, 4) is 0 Å². The number of aromatic nitrogens is 1. The number of pyridine rings is 1. The van der Waals surface area contributed by atoms with Crippen LogP contribution >= 0.6 is 0 Å². The molecular weight excluding hydrogens is 192 g/mol. The molecule has 1 aliphatic rings. The van der Waals surface area contributed by atoms with Gasteiger partial charge in [0.15, 0.2) is 0 Å². The van der Waals surface area contributed by atoms with Crippen LogP contribution in [0.5, 0.6) is 0 Å². The highest BCUT2D eigenvalue weighted by Gasteiger charge is 2.18. The number of hydrogen-bond acceptors (Lipinski definition) is 4. The molecule has 1 fully saturated rings. The van der Waals surface area contributed by atoms with E-state index in [0.717, 1.165) is 26.2 Å². The number of amides is 1. The Balaban J connectivity index is 2.09. The second-order valence-electron chi connectivity index (χ2n) is 3.52. The topological polar surface area (TPSA) is 71.2 Å². The Morgan fingerprint density at radius 3 is 2.73 bits per heavy atom. The number of carbonyl (C=O) groups is 1. The molecule has 1 amide bonds. The number of rotatable bonds is 1. The first-order chi connectivity index (χ1) is 7.27. The van der Waals surface area contributed by atoms with Crippen molar-refractivity contribution in [2.45, 2.75) is 0 Å². The number of piperazine rings is 1. The molecule has 0 radical (unpaired) electrons. The lowest BCUT2D eigenvalue weighted by Gasteiger charge is -2.27. The molecule has 0 aromatic carbocycles. The molecule has 1 aromatic heterocycles. The van der Waals surface area contributed by atoms with E-state index in [0.29, 0.717) is 11.4 Å². The van der Waals surface area contributed by atoms with Gasteiger partial charge in [-0.15, -0.1) is 0 Å². The Hall–Kier alpha value is -1.62. The standard InChI is InChI=1S/C10H14N4O/c11-8-1-2-9(13-7-8)10(15)14-5-3-12-4-6-14/h1-2,7,12H,3-6,11H2. The number of nitrogens with two attached hydrogens (primary N) is 1. The zero-order valence-corrected chi connectivity index (χ0v) is 8.44. The van der Waals surface area contributed by atoms with Gasteiger partial charge in [0.05, 0.1) is 11.9 Å². The van der Waals surface area contributed by atoms with E-state index in [1.165, 1.54) is 6.20 Å². The van der Waals surface area contributed by atoms with Gasteiger partial charge in [-0.25, -0.2) is 4.98 Å². The van der Waals surface area contributed by atoms with Crippen LogP contribution in [-0.2, 0) is 0 Å². The molecule has 80 valence electrons. The first kappa shape index (κ1) is 9.92. The zero-order chi connectivity index (χ0) is 10.7. The number of nitrogen functional groups attached to an aromatic ring is 1. The fourth-order valence-corrected chi connectivity index (χ4v) is 1.56. The van der Waals surface area contributed by atoms with Crippen LogP contribution < -0.4 is 11.1 Å². The molecule has 15 heavy (non-hydrogen) atoms. The van der Waals surface area contributed by atoms with Crippen LogP contribution in [0.25, 0.3) is 0 Å². The summed E-state index contributed by atoms with van der Waals surface area (Å²) in [7, 11) is 0. The maximum Gasteiger partial charge on any atom is 0.272 e. The van der Waals surface area contributed by atoms with Crippen molar-refractivity contribution in [2.75, 3.05) is 31.9 Å². The van der Waals surface area contributed by atoms with Gasteiger partial charge in [-0.2, -0.15) is 0 Å². The molecule has 0 bridgehead atoms. The molecule has 0 atom stereocenters. The second-order valence-corrected chi connectivity index (χ2v) is 3.52. The van der Waals surface area contributed by atoms with E-state index in [2.05, 4.69) is 10.3 Å². The van der Waals surface area contributed by atoms with Gasteiger partial charge >= 0.3 is 0 Å². The van der Waals surface area contributed by atoms with Crippen LogP contribution in [0.2, 0.25) is 0 Å². The van der Waals surface area contributed by atoms with E-state index < -0.39 is 0 Å². The number of nitrogens with zero attached hydrogens (tertiary/aromatic N) is 2. The first-order valence-electron chi connectivity index (χ1n) is 4.99. The number of nitrogens with one attached hydrogen (secondary N) is 1. The largest absolute Gasteiger partial charge is 0.397 e. The zero-order valence-electron chi connectivity index (χ0n) is 8.44. The average Bonchev–Trinajstić information content (AvgIpc) is 2.30. The van der Waals surface area contributed by atoms with Crippen molar-refractivity contribution in [3.05, 3.63) is 24.0 Å². The van der Waals surface area contributed by atoms with Gasteiger partial charge in [0.1, 0.15) is 5.69 Å². The molecule has 0 unspecified atom stereocenters. The predicted molar refractivity (Wildman–Crippen MR) is 57.4 cm³/mol. The van der Waals surface area contributed by atoms with Crippen molar-refractivity contribution in [2.24, 2.45) is 0 Å². The van der Waals surface area contributed by atoms with Crippen molar-refractivity contribution in [1.82, 2.24) is 15.2 Å². The van der Waals surface area contributed by atoms with Gasteiger partial charge < -0.3 is 16.0 Å². The molecule has 0 aliphatic carbocycles. The third-order valence-electron chi connectivity index (χ3n) is 2.41. The number of carbonyl (C=O) groups excluding carboxylic acids is 1. The van der Waals surface area contributed by atoms with E-state index in [1.54, 1.807) is 17.0 Å². The molecule has 2 heterocycles. The summed E-state index contributed by atoms with van der Waals surface area (Å²) >= 11 is 0.